The van der Waals surface area contributed by atoms with Crippen molar-refractivity contribution in [2.45, 2.75) is 33.3 Å². The number of carbonyl (C=O) groups is 1. The highest BCUT2D eigenvalue weighted by molar-refractivity contribution is 5.76. The van der Waals surface area contributed by atoms with E-state index in [1.54, 1.807) is 7.11 Å². The van der Waals surface area contributed by atoms with Crippen molar-refractivity contribution in [2.75, 3.05) is 13.7 Å². The van der Waals surface area contributed by atoms with E-state index in [4.69, 9.17) is 4.74 Å². The Kier molecular flexibility index (Phi) is 5.83. The minimum Gasteiger partial charge on any atom is -0.496 e. The SMILES string of the molecule is COc1ccc(C(O)CNC(=O)CC(C)C)cc1C. The Bertz CT molecular complexity index is 429. The summed E-state index contributed by atoms with van der Waals surface area (Å²) < 4.78 is 5.17. The third-order valence-corrected chi connectivity index (χ3v) is 2.89. The Morgan fingerprint density at radius 1 is 1.42 bits per heavy atom. The highest BCUT2D eigenvalue weighted by Gasteiger charge is 2.11. The molecule has 1 unspecified atom stereocenters. The molecule has 0 heterocycles. The molecule has 4 heteroatoms. The molecule has 1 rings (SSSR count). The highest BCUT2D eigenvalue weighted by Crippen LogP contribution is 2.22. The van der Waals surface area contributed by atoms with E-state index in [1.165, 1.54) is 0 Å². The maximum atomic E-state index is 11.5. The molecule has 1 aromatic carbocycles. The minimum atomic E-state index is -0.694. The molecule has 0 saturated carbocycles. The molecular weight excluding hydrogens is 242 g/mol. The molecule has 2 N–H and O–H groups in total. The number of nitrogens with one attached hydrogen (secondary N) is 1. The summed E-state index contributed by atoms with van der Waals surface area (Å²) in [7, 11) is 1.62. The van der Waals surface area contributed by atoms with Gasteiger partial charge in [-0.3, -0.25) is 4.79 Å². The predicted octanol–water partition coefficient (Wildman–Crippen LogP) is 2.20. The van der Waals surface area contributed by atoms with E-state index in [1.807, 2.05) is 39.0 Å². The van der Waals surface area contributed by atoms with Crippen molar-refractivity contribution in [3.8, 4) is 5.75 Å². The van der Waals surface area contributed by atoms with E-state index >= 15 is 0 Å². The number of rotatable bonds is 6. The van der Waals surface area contributed by atoms with Crippen LogP contribution in [0.2, 0.25) is 0 Å². The molecule has 0 bridgehead atoms. The molecule has 0 spiro atoms. The lowest BCUT2D eigenvalue weighted by Crippen LogP contribution is -2.29. The summed E-state index contributed by atoms with van der Waals surface area (Å²) in [5.41, 5.74) is 1.75. The van der Waals surface area contributed by atoms with Gasteiger partial charge in [-0.05, 0) is 36.1 Å². The lowest BCUT2D eigenvalue weighted by molar-refractivity contribution is -0.122. The van der Waals surface area contributed by atoms with E-state index in [0.29, 0.717) is 12.3 Å². The summed E-state index contributed by atoms with van der Waals surface area (Å²) in [6.07, 6.45) is -0.213. The number of hydrogen-bond donors (Lipinski definition) is 2. The molecule has 0 fully saturated rings. The van der Waals surface area contributed by atoms with Crippen LogP contribution in [0.15, 0.2) is 18.2 Å². The molecule has 19 heavy (non-hydrogen) atoms. The number of ether oxygens (including phenoxy) is 1. The van der Waals surface area contributed by atoms with Crippen molar-refractivity contribution in [1.82, 2.24) is 5.32 Å². The van der Waals surface area contributed by atoms with Crippen LogP contribution in [0.3, 0.4) is 0 Å². The van der Waals surface area contributed by atoms with Gasteiger partial charge in [-0.25, -0.2) is 0 Å². The van der Waals surface area contributed by atoms with Crippen molar-refractivity contribution in [3.63, 3.8) is 0 Å². The Hall–Kier alpha value is -1.55. The summed E-state index contributed by atoms with van der Waals surface area (Å²) >= 11 is 0. The van der Waals surface area contributed by atoms with Gasteiger partial charge in [-0.2, -0.15) is 0 Å². The number of methoxy groups -OCH3 is 1. The van der Waals surface area contributed by atoms with Crippen molar-refractivity contribution >= 4 is 5.91 Å². The Balaban J connectivity index is 2.56. The zero-order chi connectivity index (χ0) is 14.4. The highest BCUT2D eigenvalue weighted by atomic mass is 16.5. The fraction of sp³-hybridized carbons (Fsp3) is 0.533. The standard InChI is InChI=1S/C15H23NO3/c1-10(2)7-15(18)16-9-13(17)12-5-6-14(19-4)11(3)8-12/h5-6,8,10,13,17H,7,9H2,1-4H3,(H,16,18). The topological polar surface area (TPSA) is 58.6 Å². The second-order valence-corrected chi connectivity index (χ2v) is 5.15. The molecular formula is C15H23NO3. The number of benzene rings is 1. The van der Waals surface area contributed by atoms with Crippen LogP contribution in [0.1, 0.15) is 37.5 Å². The fourth-order valence-corrected chi connectivity index (χ4v) is 1.88. The first-order chi connectivity index (χ1) is 8.93. The van der Waals surface area contributed by atoms with E-state index < -0.39 is 6.10 Å². The van der Waals surface area contributed by atoms with Crippen molar-refractivity contribution in [3.05, 3.63) is 29.3 Å². The van der Waals surface area contributed by atoms with Gasteiger partial charge in [0, 0.05) is 13.0 Å². The number of carbonyl (C=O) groups excluding carboxylic acids is 1. The summed E-state index contributed by atoms with van der Waals surface area (Å²) in [5.74, 6) is 1.08. The first-order valence-electron chi connectivity index (χ1n) is 6.53. The van der Waals surface area contributed by atoms with Crippen molar-refractivity contribution in [1.29, 1.82) is 0 Å². The van der Waals surface area contributed by atoms with Crippen LogP contribution in [0.4, 0.5) is 0 Å². The molecule has 0 radical (unpaired) electrons. The Labute approximate surface area is 114 Å². The van der Waals surface area contributed by atoms with Gasteiger partial charge in [0.1, 0.15) is 5.75 Å². The fourth-order valence-electron chi connectivity index (χ4n) is 1.88. The maximum absolute atomic E-state index is 11.5. The van der Waals surface area contributed by atoms with Gasteiger partial charge in [-0.1, -0.05) is 19.9 Å². The van der Waals surface area contributed by atoms with Crippen LogP contribution < -0.4 is 10.1 Å². The van der Waals surface area contributed by atoms with Gasteiger partial charge in [-0.15, -0.1) is 0 Å². The van der Waals surface area contributed by atoms with Crippen LogP contribution in [0.5, 0.6) is 5.75 Å². The molecule has 1 atom stereocenters. The molecule has 1 aromatic rings. The molecule has 0 aliphatic heterocycles. The number of aliphatic hydroxyl groups is 1. The molecule has 0 saturated heterocycles. The Morgan fingerprint density at radius 2 is 2.11 bits per heavy atom. The summed E-state index contributed by atoms with van der Waals surface area (Å²) in [6, 6.07) is 5.51. The van der Waals surface area contributed by atoms with E-state index in [-0.39, 0.29) is 12.5 Å². The second kappa shape index (κ2) is 7.14. The first-order valence-corrected chi connectivity index (χ1v) is 6.53. The lowest BCUT2D eigenvalue weighted by atomic mass is 10.1. The van der Waals surface area contributed by atoms with Gasteiger partial charge in [0.25, 0.3) is 0 Å². The summed E-state index contributed by atoms with van der Waals surface area (Å²) in [4.78, 5) is 11.5. The van der Waals surface area contributed by atoms with E-state index in [2.05, 4.69) is 5.32 Å². The maximum Gasteiger partial charge on any atom is 0.220 e. The smallest absolute Gasteiger partial charge is 0.220 e. The zero-order valence-electron chi connectivity index (χ0n) is 12.1. The van der Waals surface area contributed by atoms with Gasteiger partial charge >= 0.3 is 0 Å². The number of amides is 1. The Morgan fingerprint density at radius 3 is 2.63 bits per heavy atom. The van der Waals surface area contributed by atoms with Gasteiger partial charge in [0.05, 0.1) is 13.2 Å². The average molecular weight is 265 g/mol. The molecule has 106 valence electrons. The monoisotopic (exact) mass is 265 g/mol. The first kappa shape index (κ1) is 15.5. The molecule has 1 amide bonds. The van der Waals surface area contributed by atoms with Crippen LogP contribution >= 0.6 is 0 Å². The third kappa shape index (κ3) is 4.91. The number of aryl methyl sites for hydroxylation is 1. The molecule has 0 aliphatic rings. The van der Waals surface area contributed by atoms with E-state index in [0.717, 1.165) is 16.9 Å². The summed E-state index contributed by atoms with van der Waals surface area (Å²) in [6.45, 7) is 6.13. The van der Waals surface area contributed by atoms with Crippen LogP contribution in [0.25, 0.3) is 0 Å². The predicted molar refractivity (Wildman–Crippen MR) is 75.2 cm³/mol. The largest absolute Gasteiger partial charge is 0.496 e. The quantitative estimate of drug-likeness (QED) is 0.829. The minimum absolute atomic E-state index is 0.0284. The van der Waals surface area contributed by atoms with Crippen LogP contribution in [0, 0.1) is 12.8 Å². The van der Waals surface area contributed by atoms with E-state index in [9.17, 15) is 9.90 Å². The lowest BCUT2D eigenvalue weighted by Gasteiger charge is -2.14. The van der Waals surface area contributed by atoms with Crippen LogP contribution in [-0.4, -0.2) is 24.7 Å². The molecule has 0 aliphatic carbocycles. The van der Waals surface area contributed by atoms with Crippen molar-refractivity contribution < 1.29 is 14.6 Å². The molecule has 0 aromatic heterocycles. The van der Waals surface area contributed by atoms with Gasteiger partial charge in [0.15, 0.2) is 0 Å². The average Bonchev–Trinajstić information content (AvgIpc) is 2.35. The summed E-state index contributed by atoms with van der Waals surface area (Å²) in [5, 5.41) is 12.8. The third-order valence-electron chi connectivity index (χ3n) is 2.89. The number of hydrogen-bond acceptors (Lipinski definition) is 3. The second-order valence-electron chi connectivity index (χ2n) is 5.15. The van der Waals surface area contributed by atoms with Crippen molar-refractivity contribution in [2.24, 2.45) is 5.92 Å². The van der Waals surface area contributed by atoms with Crippen LogP contribution in [-0.2, 0) is 4.79 Å². The normalized spacial score (nSPS) is 12.3. The zero-order valence-corrected chi connectivity index (χ0v) is 12.1. The number of aliphatic hydroxyl groups excluding tert-OH is 1. The molecule has 4 nitrogen and oxygen atoms in total. The van der Waals surface area contributed by atoms with Gasteiger partial charge in [0.2, 0.25) is 5.91 Å². The van der Waals surface area contributed by atoms with Gasteiger partial charge < -0.3 is 15.2 Å².